The lowest BCUT2D eigenvalue weighted by Gasteiger charge is -2.07. The highest BCUT2D eigenvalue weighted by molar-refractivity contribution is 6.00. The van der Waals surface area contributed by atoms with Crippen LogP contribution < -0.4 is 5.73 Å². The summed E-state index contributed by atoms with van der Waals surface area (Å²) < 4.78 is 0. The second-order valence-electron chi connectivity index (χ2n) is 3.60. The molecule has 0 radical (unpaired) electrons. The van der Waals surface area contributed by atoms with E-state index in [1.807, 2.05) is 6.92 Å². The number of anilines is 1. The van der Waals surface area contributed by atoms with E-state index in [9.17, 15) is 4.79 Å². The maximum absolute atomic E-state index is 11.2. The van der Waals surface area contributed by atoms with E-state index in [1.165, 1.54) is 0 Å². The highest BCUT2D eigenvalue weighted by atomic mass is 16.4. The van der Waals surface area contributed by atoms with Crippen molar-refractivity contribution in [2.75, 3.05) is 5.73 Å². The minimum atomic E-state index is -1.08. The molecule has 0 atom stereocenters. The molecule has 0 aliphatic carbocycles. The molecule has 1 heterocycles. The maximum atomic E-state index is 11.2. The van der Waals surface area contributed by atoms with Crippen LogP contribution in [-0.4, -0.2) is 21.0 Å². The molecule has 0 amide bonds. The molecule has 5 heteroatoms. The molecule has 0 aliphatic rings. The number of nitrogen functional groups attached to an aromatic ring is 1. The van der Waals surface area contributed by atoms with Crippen molar-refractivity contribution in [1.29, 1.82) is 0 Å². The summed E-state index contributed by atoms with van der Waals surface area (Å²) in [6.45, 7) is 1.82. The van der Waals surface area contributed by atoms with E-state index in [0.717, 1.165) is 5.69 Å². The van der Waals surface area contributed by atoms with Gasteiger partial charge in [-0.1, -0.05) is 12.1 Å². The monoisotopic (exact) mass is 229 g/mol. The fourth-order valence-electron chi connectivity index (χ4n) is 1.57. The van der Waals surface area contributed by atoms with Gasteiger partial charge in [0.05, 0.1) is 5.56 Å². The van der Waals surface area contributed by atoms with Crippen LogP contribution in [-0.2, 0) is 0 Å². The molecule has 1 aromatic heterocycles. The Balaban J connectivity index is 2.67. The summed E-state index contributed by atoms with van der Waals surface area (Å²) in [6, 6.07) is 6.62. The van der Waals surface area contributed by atoms with Gasteiger partial charge in [-0.2, -0.15) is 0 Å². The van der Waals surface area contributed by atoms with Gasteiger partial charge < -0.3 is 10.8 Å². The highest BCUT2D eigenvalue weighted by Gasteiger charge is 2.16. The van der Waals surface area contributed by atoms with Crippen LogP contribution in [0.4, 0.5) is 5.69 Å². The van der Waals surface area contributed by atoms with Crippen molar-refractivity contribution < 1.29 is 9.90 Å². The van der Waals surface area contributed by atoms with Crippen LogP contribution in [0.2, 0.25) is 0 Å². The molecule has 0 spiro atoms. The van der Waals surface area contributed by atoms with E-state index in [1.54, 1.807) is 30.5 Å². The largest absolute Gasteiger partial charge is 0.478 e. The van der Waals surface area contributed by atoms with Crippen molar-refractivity contribution in [3.05, 3.63) is 41.7 Å². The summed E-state index contributed by atoms with van der Waals surface area (Å²) >= 11 is 0. The van der Waals surface area contributed by atoms with Crippen molar-refractivity contribution in [2.24, 2.45) is 0 Å². The molecule has 5 nitrogen and oxygen atoms in total. The molecule has 3 N–H and O–H groups in total. The number of carbonyl (C=O) groups is 1. The number of carboxylic acids is 1. The average Bonchev–Trinajstić information content (AvgIpc) is 2.28. The number of benzene rings is 1. The molecule has 2 aromatic rings. The number of hydrogen-bond donors (Lipinski definition) is 2. The molecule has 17 heavy (non-hydrogen) atoms. The van der Waals surface area contributed by atoms with Gasteiger partial charge in [0.2, 0.25) is 0 Å². The first-order valence-corrected chi connectivity index (χ1v) is 5.01. The van der Waals surface area contributed by atoms with Crippen LogP contribution in [0.25, 0.3) is 11.4 Å². The Morgan fingerprint density at radius 1 is 1.35 bits per heavy atom. The van der Waals surface area contributed by atoms with Crippen molar-refractivity contribution in [3.8, 4) is 11.4 Å². The van der Waals surface area contributed by atoms with Crippen LogP contribution in [0.5, 0.6) is 0 Å². The molecule has 1 aromatic carbocycles. The van der Waals surface area contributed by atoms with Gasteiger partial charge in [-0.3, -0.25) is 0 Å². The minimum absolute atomic E-state index is 0.0399. The SMILES string of the molecule is Cc1ccnc(-c2cccc(N)c2C(=O)O)n1. The zero-order valence-electron chi connectivity index (χ0n) is 9.21. The number of hydrogen-bond acceptors (Lipinski definition) is 4. The number of nitrogens with zero attached hydrogens (tertiary/aromatic N) is 2. The Kier molecular flexibility index (Phi) is 2.74. The van der Waals surface area contributed by atoms with E-state index in [4.69, 9.17) is 10.8 Å². The van der Waals surface area contributed by atoms with Gasteiger partial charge in [0.25, 0.3) is 0 Å². The van der Waals surface area contributed by atoms with E-state index in [2.05, 4.69) is 9.97 Å². The Labute approximate surface area is 98.0 Å². The molecule has 86 valence electrons. The first-order chi connectivity index (χ1) is 8.09. The van der Waals surface area contributed by atoms with E-state index in [-0.39, 0.29) is 11.3 Å². The molecule has 0 bridgehead atoms. The number of aryl methyl sites for hydroxylation is 1. The zero-order chi connectivity index (χ0) is 12.4. The maximum Gasteiger partial charge on any atom is 0.338 e. The third-order valence-corrected chi connectivity index (χ3v) is 2.35. The summed E-state index contributed by atoms with van der Waals surface area (Å²) in [6.07, 6.45) is 1.59. The van der Waals surface area contributed by atoms with Crippen molar-refractivity contribution in [3.63, 3.8) is 0 Å². The number of carboxylic acid groups (broad SMARTS) is 1. The lowest BCUT2D eigenvalue weighted by Crippen LogP contribution is -2.06. The van der Waals surface area contributed by atoms with Crippen LogP contribution in [0, 0.1) is 6.92 Å². The fraction of sp³-hybridized carbons (Fsp3) is 0.0833. The normalized spacial score (nSPS) is 10.2. The van der Waals surface area contributed by atoms with Gasteiger partial charge in [-0.15, -0.1) is 0 Å². The Morgan fingerprint density at radius 2 is 2.12 bits per heavy atom. The number of rotatable bonds is 2. The standard InChI is InChI=1S/C12H11N3O2/c1-7-5-6-14-11(15-7)8-3-2-4-9(13)10(8)12(16)17/h2-6H,13H2,1H3,(H,16,17). The number of nitrogens with two attached hydrogens (primary N) is 1. The highest BCUT2D eigenvalue weighted by Crippen LogP contribution is 2.25. The van der Waals surface area contributed by atoms with Gasteiger partial charge in [0, 0.05) is 23.1 Å². The van der Waals surface area contributed by atoms with Gasteiger partial charge in [0.15, 0.2) is 5.82 Å². The van der Waals surface area contributed by atoms with E-state index >= 15 is 0 Å². The zero-order valence-corrected chi connectivity index (χ0v) is 9.21. The summed E-state index contributed by atoms with van der Waals surface area (Å²) in [5, 5.41) is 9.14. The second-order valence-corrected chi connectivity index (χ2v) is 3.60. The van der Waals surface area contributed by atoms with Crippen molar-refractivity contribution >= 4 is 11.7 Å². The second kappa shape index (κ2) is 4.21. The van der Waals surface area contributed by atoms with Crippen LogP contribution in [0.3, 0.4) is 0 Å². The molecule has 0 saturated heterocycles. The molecule has 2 rings (SSSR count). The predicted octanol–water partition coefficient (Wildman–Crippen LogP) is 1.73. The minimum Gasteiger partial charge on any atom is -0.478 e. The Bertz CT molecular complexity index is 582. The number of aromatic nitrogens is 2. The lowest BCUT2D eigenvalue weighted by atomic mass is 10.0. The first-order valence-electron chi connectivity index (χ1n) is 5.01. The first kappa shape index (κ1) is 11.1. The van der Waals surface area contributed by atoms with Crippen molar-refractivity contribution in [1.82, 2.24) is 9.97 Å². The molecule has 0 unspecified atom stereocenters. The smallest absolute Gasteiger partial charge is 0.338 e. The van der Waals surface area contributed by atoms with Gasteiger partial charge in [-0.25, -0.2) is 14.8 Å². The van der Waals surface area contributed by atoms with E-state index in [0.29, 0.717) is 11.4 Å². The molecular weight excluding hydrogens is 218 g/mol. The van der Waals surface area contributed by atoms with Crippen molar-refractivity contribution in [2.45, 2.75) is 6.92 Å². The third kappa shape index (κ3) is 2.08. The van der Waals surface area contributed by atoms with Gasteiger partial charge >= 0.3 is 5.97 Å². The van der Waals surface area contributed by atoms with Gasteiger partial charge in [0.1, 0.15) is 0 Å². The molecule has 0 saturated carbocycles. The summed E-state index contributed by atoms with van der Waals surface area (Å²) in [5.41, 5.74) is 7.11. The molecule has 0 aliphatic heterocycles. The van der Waals surface area contributed by atoms with Gasteiger partial charge in [-0.05, 0) is 19.1 Å². The third-order valence-electron chi connectivity index (χ3n) is 2.35. The summed E-state index contributed by atoms with van der Waals surface area (Å²) in [4.78, 5) is 19.4. The summed E-state index contributed by atoms with van der Waals surface area (Å²) in [5.74, 6) is -0.710. The molecular formula is C12H11N3O2. The quantitative estimate of drug-likeness (QED) is 0.765. The van der Waals surface area contributed by atoms with Crippen LogP contribution >= 0.6 is 0 Å². The average molecular weight is 229 g/mol. The summed E-state index contributed by atoms with van der Waals surface area (Å²) in [7, 11) is 0. The van der Waals surface area contributed by atoms with Crippen LogP contribution in [0.1, 0.15) is 16.1 Å². The lowest BCUT2D eigenvalue weighted by molar-refractivity contribution is 0.0699. The topological polar surface area (TPSA) is 89.1 Å². The Hall–Kier alpha value is -2.43. The van der Waals surface area contributed by atoms with Crippen LogP contribution in [0.15, 0.2) is 30.5 Å². The Morgan fingerprint density at radius 3 is 2.76 bits per heavy atom. The number of aromatic carboxylic acids is 1. The fourth-order valence-corrected chi connectivity index (χ4v) is 1.57. The molecule has 0 fully saturated rings. The van der Waals surface area contributed by atoms with E-state index < -0.39 is 5.97 Å². The predicted molar refractivity (Wildman–Crippen MR) is 63.6 cm³/mol.